The average Bonchev–Trinajstić information content (AvgIpc) is 2.79. The second kappa shape index (κ2) is 9.46. The Balaban J connectivity index is 1.52. The van der Waals surface area contributed by atoms with Crippen LogP contribution in [0, 0.1) is 0 Å². The second-order valence-electron chi connectivity index (χ2n) is 7.19. The van der Waals surface area contributed by atoms with E-state index in [9.17, 15) is 4.79 Å². The van der Waals surface area contributed by atoms with E-state index in [4.69, 9.17) is 33.5 Å². The molecule has 0 spiro atoms. The summed E-state index contributed by atoms with van der Waals surface area (Å²) in [6.45, 7) is 0.0875. The number of carbonyl (C=O) groups excluding carboxylic acids is 1. The van der Waals surface area contributed by atoms with Crippen molar-refractivity contribution in [2.75, 3.05) is 22.5 Å². The fraction of sp³-hybridized carbons (Fsp3) is 0.0417. The molecule has 8 nitrogen and oxygen atoms in total. The number of rotatable bonds is 6. The van der Waals surface area contributed by atoms with Gasteiger partial charge < -0.3 is 27.3 Å². The predicted octanol–water partition coefficient (Wildman–Crippen LogP) is 4.37. The fourth-order valence-electron chi connectivity index (χ4n) is 3.23. The van der Waals surface area contributed by atoms with E-state index < -0.39 is 0 Å². The Morgan fingerprint density at radius 1 is 0.939 bits per heavy atom. The maximum Gasteiger partial charge on any atom is 0.255 e. The van der Waals surface area contributed by atoms with Crippen LogP contribution in [0.2, 0.25) is 5.02 Å². The zero-order chi connectivity index (χ0) is 23.4. The van der Waals surface area contributed by atoms with Gasteiger partial charge in [0.15, 0.2) is 0 Å². The maximum atomic E-state index is 12.5. The van der Waals surface area contributed by atoms with Crippen LogP contribution in [-0.2, 0) is 6.61 Å². The lowest BCUT2D eigenvalue weighted by Crippen LogP contribution is -2.12. The number of nitrogens with one attached hydrogen (secondary N) is 1. The van der Waals surface area contributed by atoms with Crippen molar-refractivity contribution >= 4 is 40.6 Å². The van der Waals surface area contributed by atoms with Gasteiger partial charge in [0.1, 0.15) is 18.2 Å². The lowest BCUT2D eigenvalue weighted by molar-refractivity contribution is 0.102. The van der Waals surface area contributed by atoms with Crippen LogP contribution in [0.3, 0.4) is 0 Å². The summed E-state index contributed by atoms with van der Waals surface area (Å²) in [6.07, 6.45) is 0. The van der Waals surface area contributed by atoms with Gasteiger partial charge in [0.05, 0.1) is 5.69 Å². The third-order valence-electron chi connectivity index (χ3n) is 4.80. The molecule has 0 aliphatic carbocycles. The van der Waals surface area contributed by atoms with Crippen LogP contribution in [0.4, 0.5) is 23.1 Å². The molecule has 4 rings (SSSR count). The van der Waals surface area contributed by atoms with Crippen molar-refractivity contribution in [3.63, 3.8) is 0 Å². The molecular weight excluding hydrogens is 440 g/mol. The first kappa shape index (κ1) is 21.9. The third kappa shape index (κ3) is 5.31. The van der Waals surface area contributed by atoms with E-state index >= 15 is 0 Å². The van der Waals surface area contributed by atoms with Gasteiger partial charge >= 0.3 is 0 Å². The van der Waals surface area contributed by atoms with E-state index in [0.29, 0.717) is 39.0 Å². The molecular formula is C24H21ClN6O2. The summed E-state index contributed by atoms with van der Waals surface area (Å²) in [5, 5.41) is 3.44. The van der Waals surface area contributed by atoms with Crippen molar-refractivity contribution in [3.05, 3.63) is 89.1 Å². The summed E-state index contributed by atoms with van der Waals surface area (Å²) in [4.78, 5) is 20.9. The third-order valence-corrected chi connectivity index (χ3v) is 5.05. The second-order valence-corrected chi connectivity index (χ2v) is 7.62. The molecule has 0 bridgehead atoms. The molecule has 3 aromatic carbocycles. The van der Waals surface area contributed by atoms with Gasteiger partial charge in [-0.1, -0.05) is 29.8 Å². The van der Waals surface area contributed by atoms with Crippen molar-refractivity contribution in [1.82, 2.24) is 9.97 Å². The molecule has 1 aromatic heterocycles. The first-order valence-corrected chi connectivity index (χ1v) is 10.3. The molecule has 9 heteroatoms. The minimum Gasteiger partial charge on any atom is -0.487 e. The topological polar surface area (TPSA) is 142 Å². The molecule has 0 saturated carbocycles. The zero-order valence-electron chi connectivity index (χ0n) is 17.5. The zero-order valence-corrected chi connectivity index (χ0v) is 18.2. The maximum absolute atomic E-state index is 12.5. The van der Waals surface area contributed by atoms with Gasteiger partial charge in [-0.15, -0.1) is 0 Å². The Morgan fingerprint density at radius 3 is 2.39 bits per heavy atom. The minimum atomic E-state index is -0.256. The van der Waals surface area contributed by atoms with Gasteiger partial charge in [-0.2, -0.15) is 4.98 Å². The standard InChI is InChI=1S/C24H21ClN6O2/c25-16-8-4-14(5-9-16)21-20(30-24(28)31-22(21)27)13-33-19-3-1-2-18(12-19)29-23(32)15-6-10-17(26)11-7-15/h1-12H,13,26H2,(H,29,32)(H4,27,28,30,31). The van der Waals surface area contributed by atoms with Crippen molar-refractivity contribution in [3.8, 4) is 16.9 Å². The lowest BCUT2D eigenvalue weighted by atomic mass is 10.0. The molecule has 0 aliphatic rings. The normalized spacial score (nSPS) is 10.6. The quantitative estimate of drug-likeness (QED) is 0.313. The van der Waals surface area contributed by atoms with Gasteiger partial charge in [-0.3, -0.25) is 4.79 Å². The summed E-state index contributed by atoms with van der Waals surface area (Å²) in [5.41, 5.74) is 21.2. The van der Waals surface area contributed by atoms with Crippen molar-refractivity contribution < 1.29 is 9.53 Å². The lowest BCUT2D eigenvalue weighted by Gasteiger charge is -2.14. The van der Waals surface area contributed by atoms with E-state index in [1.54, 1.807) is 60.7 Å². The highest BCUT2D eigenvalue weighted by atomic mass is 35.5. The number of amides is 1. The number of nitrogen functional groups attached to an aromatic ring is 3. The SMILES string of the molecule is Nc1ccc(C(=O)Nc2cccc(OCc3nc(N)nc(N)c3-c3ccc(Cl)cc3)c2)cc1. The largest absolute Gasteiger partial charge is 0.487 e. The summed E-state index contributed by atoms with van der Waals surface area (Å²) in [7, 11) is 0. The van der Waals surface area contributed by atoms with Gasteiger partial charge in [0.2, 0.25) is 5.95 Å². The molecule has 33 heavy (non-hydrogen) atoms. The van der Waals surface area contributed by atoms with Crippen LogP contribution in [0.1, 0.15) is 16.1 Å². The summed E-state index contributed by atoms with van der Waals surface area (Å²) < 4.78 is 5.94. The smallest absolute Gasteiger partial charge is 0.255 e. The molecule has 166 valence electrons. The minimum absolute atomic E-state index is 0.0494. The summed E-state index contributed by atoms with van der Waals surface area (Å²) in [5.74, 6) is 0.567. The van der Waals surface area contributed by atoms with E-state index in [2.05, 4.69) is 15.3 Å². The van der Waals surface area contributed by atoms with Gasteiger partial charge in [0.25, 0.3) is 5.91 Å². The number of hydrogen-bond donors (Lipinski definition) is 4. The number of nitrogens with two attached hydrogens (primary N) is 3. The molecule has 1 amide bonds. The van der Waals surface area contributed by atoms with Crippen molar-refractivity contribution in [2.24, 2.45) is 0 Å². The van der Waals surface area contributed by atoms with Crippen LogP contribution in [-0.4, -0.2) is 15.9 Å². The number of nitrogens with zero attached hydrogens (tertiary/aromatic N) is 2. The highest BCUT2D eigenvalue weighted by Crippen LogP contribution is 2.30. The molecule has 7 N–H and O–H groups in total. The van der Waals surface area contributed by atoms with Crippen molar-refractivity contribution in [2.45, 2.75) is 6.61 Å². The molecule has 0 saturated heterocycles. The first-order chi connectivity index (χ1) is 15.9. The molecule has 0 atom stereocenters. The molecule has 0 aliphatic heterocycles. The highest BCUT2D eigenvalue weighted by Gasteiger charge is 2.15. The Kier molecular flexibility index (Phi) is 6.28. The van der Waals surface area contributed by atoms with Gasteiger partial charge in [-0.05, 0) is 54.1 Å². The van der Waals surface area contributed by atoms with E-state index in [0.717, 1.165) is 5.56 Å². The Hall–Kier alpha value is -4.30. The Labute approximate surface area is 195 Å². The number of aromatic nitrogens is 2. The van der Waals surface area contributed by atoms with Gasteiger partial charge in [0, 0.05) is 33.6 Å². The molecule has 4 aromatic rings. The monoisotopic (exact) mass is 460 g/mol. The van der Waals surface area contributed by atoms with Crippen LogP contribution >= 0.6 is 11.6 Å². The average molecular weight is 461 g/mol. The number of hydrogen-bond acceptors (Lipinski definition) is 7. The number of carbonyl (C=O) groups is 1. The molecule has 0 fully saturated rings. The van der Waals surface area contributed by atoms with E-state index in [-0.39, 0.29) is 24.3 Å². The van der Waals surface area contributed by atoms with Crippen LogP contribution in [0.5, 0.6) is 5.75 Å². The summed E-state index contributed by atoms with van der Waals surface area (Å²) in [6, 6.07) is 20.8. The summed E-state index contributed by atoms with van der Waals surface area (Å²) >= 11 is 6.00. The van der Waals surface area contributed by atoms with Crippen LogP contribution in [0.25, 0.3) is 11.1 Å². The van der Waals surface area contributed by atoms with E-state index in [1.807, 2.05) is 12.1 Å². The fourth-order valence-corrected chi connectivity index (χ4v) is 3.36. The molecule has 0 unspecified atom stereocenters. The van der Waals surface area contributed by atoms with Gasteiger partial charge in [-0.25, -0.2) is 4.98 Å². The van der Waals surface area contributed by atoms with E-state index in [1.165, 1.54) is 0 Å². The predicted molar refractivity (Wildman–Crippen MR) is 131 cm³/mol. The number of anilines is 4. The molecule has 1 heterocycles. The Bertz CT molecular complexity index is 1290. The Morgan fingerprint density at radius 2 is 1.67 bits per heavy atom. The number of halogens is 1. The first-order valence-electron chi connectivity index (χ1n) is 9.96. The number of ether oxygens (including phenoxy) is 1. The number of benzene rings is 3. The van der Waals surface area contributed by atoms with Crippen LogP contribution < -0.4 is 27.3 Å². The highest BCUT2D eigenvalue weighted by molar-refractivity contribution is 6.30. The molecule has 0 radical (unpaired) electrons. The van der Waals surface area contributed by atoms with Crippen molar-refractivity contribution in [1.29, 1.82) is 0 Å². The van der Waals surface area contributed by atoms with Crippen LogP contribution in [0.15, 0.2) is 72.8 Å².